The molecule has 0 amide bonds. The van der Waals surface area contributed by atoms with Gasteiger partial charge in [0.1, 0.15) is 0 Å². The van der Waals surface area contributed by atoms with Crippen LogP contribution in [-0.2, 0) is 4.79 Å². The van der Waals surface area contributed by atoms with Crippen LogP contribution < -0.4 is 0 Å². The Balaban J connectivity index is 0. The molecule has 0 spiro atoms. The first-order valence-electron chi connectivity index (χ1n) is 3.37. The molecule has 0 saturated heterocycles. The minimum atomic E-state index is -2.14. The highest BCUT2D eigenvalue weighted by atomic mass is 19.3. The summed E-state index contributed by atoms with van der Waals surface area (Å²) in [5.41, 5.74) is -0.898. The van der Waals surface area contributed by atoms with Crippen LogP contribution >= 0.6 is 0 Å². The van der Waals surface area contributed by atoms with Gasteiger partial charge in [-0.15, -0.1) is 0 Å². The average molecular weight is 198 g/mol. The molecule has 0 aliphatic carbocycles. The van der Waals surface area contributed by atoms with Gasteiger partial charge in [-0.25, -0.2) is 4.79 Å². The Morgan fingerprint density at radius 3 is 1.77 bits per heavy atom. The van der Waals surface area contributed by atoms with E-state index in [4.69, 9.17) is 15.3 Å². The summed E-state index contributed by atoms with van der Waals surface area (Å²) in [6.45, 7) is 2.23. The molecule has 13 heavy (non-hydrogen) atoms. The third-order valence-electron chi connectivity index (χ3n) is 0.868. The standard InChI is InChI=1S/C4H4F2O2.C3H8O2/c1-2(3(5)6)4(7)8;1-3(5)2-4/h1H3,(H,7,8);3-5H,2H2,1H3. The maximum Gasteiger partial charge on any atom is 0.336 e. The second kappa shape index (κ2) is 7.63. The molecule has 0 aromatic carbocycles. The largest absolute Gasteiger partial charge is 0.478 e. The number of carboxylic acids is 1. The number of rotatable bonds is 2. The molecule has 0 aliphatic heterocycles. The van der Waals surface area contributed by atoms with Crippen LogP contribution in [0.5, 0.6) is 0 Å². The van der Waals surface area contributed by atoms with E-state index in [1.165, 1.54) is 6.92 Å². The van der Waals surface area contributed by atoms with E-state index >= 15 is 0 Å². The fourth-order valence-corrected chi connectivity index (χ4v) is 0.0808. The third-order valence-corrected chi connectivity index (χ3v) is 0.868. The van der Waals surface area contributed by atoms with E-state index in [2.05, 4.69) is 0 Å². The molecule has 0 radical (unpaired) electrons. The van der Waals surface area contributed by atoms with E-state index in [0.717, 1.165) is 6.92 Å². The van der Waals surface area contributed by atoms with Crippen LogP contribution in [0.1, 0.15) is 13.8 Å². The summed E-state index contributed by atoms with van der Waals surface area (Å²) < 4.78 is 22.4. The highest BCUT2D eigenvalue weighted by Crippen LogP contribution is 2.05. The monoisotopic (exact) mass is 198 g/mol. The van der Waals surface area contributed by atoms with Gasteiger partial charge >= 0.3 is 5.97 Å². The minimum Gasteiger partial charge on any atom is -0.478 e. The molecule has 1 unspecified atom stereocenters. The van der Waals surface area contributed by atoms with Crippen LogP contribution in [0.3, 0.4) is 0 Å². The zero-order valence-corrected chi connectivity index (χ0v) is 7.29. The van der Waals surface area contributed by atoms with E-state index in [0.29, 0.717) is 0 Å². The molecule has 3 N–H and O–H groups in total. The summed E-state index contributed by atoms with van der Waals surface area (Å²) in [6.07, 6.45) is -2.70. The van der Waals surface area contributed by atoms with Crippen molar-refractivity contribution in [2.24, 2.45) is 0 Å². The van der Waals surface area contributed by atoms with E-state index < -0.39 is 23.7 Å². The number of hydrogen-bond donors (Lipinski definition) is 3. The van der Waals surface area contributed by atoms with Crippen LogP contribution in [-0.4, -0.2) is 34.0 Å². The van der Waals surface area contributed by atoms with E-state index in [-0.39, 0.29) is 6.61 Å². The second-order valence-electron chi connectivity index (χ2n) is 2.22. The van der Waals surface area contributed by atoms with Crippen LogP contribution in [0.15, 0.2) is 11.7 Å². The maximum atomic E-state index is 11.2. The summed E-state index contributed by atoms with van der Waals surface area (Å²) in [5, 5.41) is 23.8. The molecule has 78 valence electrons. The van der Waals surface area contributed by atoms with Gasteiger partial charge in [0.05, 0.1) is 18.3 Å². The highest BCUT2D eigenvalue weighted by Gasteiger charge is 2.06. The average Bonchev–Trinajstić information content (AvgIpc) is 2.03. The van der Waals surface area contributed by atoms with E-state index in [9.17, 15) is 13.6 Å². The Morgan fingerprint density at radius 1 is 1.46 bits per heavy atom. The quantitative estimate of drug-likeness (QED) is 0.568. The van der Waals surface area contributed by atoms with Crippen molar-refractivity contribution in [3.05, 3.63) is 11.7 Å². The van der Waals surface area contributed by atoms with E-state index in [1.807, 2.05) is 0 Å². The minimum absolute atomic E-state index is 0.139. The molecule has 0 aromatic heterocycles. The molecule has 0 aliphatic rings. The Morgan fingerprint density at radius 2 is 1.77 bits per heavy atom. The fourth-order valence-electron chi connectivity index (χ4n) is 0.0808. The number of hydrogen-bond acceptors (Lipinski definition) is 3. The highest BCUT2D eigenvalue weighted by molar-refractivity contribution is 5.85. The first kappa shape index (κ1) is 14.5. The van der Waals surface area contributed by atoms with E-state index in [1.54, 1.807) is 0 Å². The van der Waals surface area contributed by atoms with Crippen molar-refractivity contribution in [1.82, 2.24) is 0 Å². The fraction of sp³-hybridized carbons (Fsp3) is 0.571. The van der Waals surface area contributed by atoms with Gasteiger partial charge in [-0.05, 0) is 13.8 Å². The molecule has 0 fully saturated rings. The summed E-state index contributed by atoms with van der Waals surface area (Å²) in [7, 11) is 0. The molecule has 0 heterocycles. The van der Waals surface area contributed by atoms with Gasteiger partial charge in [-0.2, -0.15) is 8.78 Å². The summed E-state index contributed by atoms with van der Waals surface area (Å²) in [5.74, 6) is -1.58. The predicted octanol–water partition coefficient (Wildman–Crippen LogP) is 0.601. The maximum absolute atomic E-state index is 11.2. The molecule has 0 rings (SSSR count). The Hall–Kier alpha value is -1.01. The predicted molar refractivity (Wildman–Crippen MR) is 41.3 cm³/mol. The van der Waals surface area contributed by atoms with Crippen LogP contribution in [0, 0.1) is 0 Å². The number of aliphatic hydroxyl groups excluding tert-OH is 2. The topological polar surface area (TPSA) is 77.8 Å². The first-order valence-corrected chi connectivity index (χ1v) is 3.37. The van der Waals surface area contributed by atoms with Gasteiger partial charge in [0.25, 0.3) is 6.08 Å². The van der Waals surface area contributed by atoms with Crippen molar-refractivity contribution in [2.45, 2.75) is 20.0 Å². The Kier molecular flexibility index (Phi) is 8.52. The lowest BCUT2D eigenvalue weighted by atomic mass is 10.3. The summed E-state index contributed by atoms with van der Waals surface area (Å²) >= 11 is 0. The van der Waals surface area contributed by atoms with Gasteiger partial charge in [0.15, 0.2) is 0 Å². The normalized spacial score (nSPS) is 10.9. The van der Waals surface area contributed by atoms with Crippen LogP contribution in [0.4, 0.5) is 8.78 Å². The zero-order valence-electron chi connectivity index (χ0n) is 7.29. The Labute approximate surface area is 74.1 Å². The molecule has 0 saturated carbocycles. The van der Waals surface area contributed by atoms with Crippen LogP contribution in [0.25, 0.3) is 0 Å². The third kappa shape index (κ3) is 11.0. The molecular formula is C7H12F2O4. The van der Waals surface area contributed by atoms with Gasteiger partial charge in [0.2, 0.25) is 0 Å². The van der Waals surface area contributed by atoms with Crippen molar-refractivity contribution in [1.29, 1.82) is 0 Å². The number of halogens is 2. The zero-order chi connectivity index (χ0) is 11.0. The van der Waals surface area contributed by atoms with Crippen molar-refractivity contribution in [3.63, 3.8) is 0 Å². The molecule has 0 aromatic rings. The first-order chi connectivity index (χ1) is 5.82. The van der Waals surface area contributed by atoms with Crippen molar-refractivity contribution in [2.75, 3.05) is 6.61 Å². The second-order valence-corrected chi connectivity index (χ2v) is 2.22. The number of carbonyl (C=O) groups is 1. The SMILES string of the molecule is CC(C(=O)O)=C(F)F.CC(O)CO. The van der Waals surface area contributed by atoms with Crippen molar-refractivity contribution in [3.8, 4) is 0 Å². The van der Waals surface area contributed by atoms with Crippen LogP contribution in [0.2, 0.25) is 0 Å². The Bertz CT molecular complexity index is 185. The summed E-state index contributed by atoms with van der Waals surface area (Å²) in [6, 6.07) is 0. The lowest BCUT2D eigenvalue weighted by Crippen LogP contribution is -2.03. The molecule has 6 heteroatoms. The number of aliphatic hydroxyl groups is 2. The number of carboxylic acid groups (broad SMARTS) is 1. The molecule has 0 bridgehead atoms. The van der Waals surface area contributed by atoms with Gasteiger partial charge in [-0.1, -0.05) is 0 Å². The lowest BCUT2D eigenvalue weighted by molar-refractivity contribution is -0.132. The van der Waals surface area contributed by atoms with Gasteiger partial charge < -0.3 is 15.3 Å². The number of aliphatic carboxylic acids is 1. The molecular weight excluding hydrogens is 186 g/mol. The summed E-state index contributed by atoms with van der Waals surface area (Å²) in [4.78, 5) is 9.60. The molecule has 1 atom stereocenters. The lowest BCUT2D eigenvalue weighted by Gasteiger charge is -1.90. The van der Waals surface area contributed by atoms with Gasteiger partial charge in [0, 0.05) is 0 Å². The van der Waals surface area contributed by atoms with Crippen molar-refractivity contribution >= 4 is 5.97 Å². The van der Waals surface area contributed by atoms with Crippen molar-refractivity contribution < 1.29 is 28.9 Å². The smallest absolute Gasteiger partial charge is 0.336 e. The van der Waals surface area contributed by atoms with Gasteiger partial charge in [-0.3, -0.25) is 0 Å². The molecule has 4 nitrogen and oxygen atoms in total.